The second-order valence-corrected chi connectivity index (χ2v) is 2.93. The van der Waals surface area contributed by atoms with Crippen molar-refractivity contribution < 1.29 is 19.8 Å². The summed E-state index contributed by atoms with van der Waals surface area (Å²) >= 11 is 0. The van der Waals surface area contributed by atoms with E-state index in [0.29, 0.717) is 30.3 Å². The van der Waals surface area contributed by atoms with E-state index in [1.54, 1.807) is 12.1 Å². The van der Waals surface area contributed by atoms with Crippen molar-refractivity contribution in [1.29, 1.82) is 0 Å². The fourth-order valence-electron chi connectivity index (χ4n) is 1.37. The molecule has 0 radical (unpaired) electrons. The van der Waals surface area contributed by atoms with Gasteiger partial charge in [0.05, 0.1) is 0 Å². The van der Waals surface area contributed by atoms with E-state index in [9.17, 15) is 5.11 Å². The molecule has 3 N–H and O–H groups in total. The number of aromatic hydroxyl groups is 1. The summed E-state index contributed by atoms with van der Waals surface area (Å²) in [5.74, 6) is 0.906. The van der Waals surface area contributed by atoms with Gasteiger partial charge in [0.25, 0.3) is 0 Å². The molecule has 0 saturated carbocycles. The Balaban J connectivity index is 2.38. The molecule has 0 aliphatic carbocycles. The number of phenolic OH excluding ortho intramolecular Hbond substituents is 1. The summed E-state index contributed by atoms with van der Waals surface area (Å²) in [6.45, 7) is 1.09. The maximum absolute atomic E-state index is 9.71. The predicted molar refractivity (Wildman–Crippen MR) is 47.7 cm³/mol. The Morgan fingerprint density at radius 1 is 1.29 bits per heavy atom. The highest BCUT2D eigenvalue weighted by Gasteiger charge is 2.18. The van der Waals surface area contributed by atoms with Gasteiger partial charge in [-0.3, -0.25) is 0 Å². The molecule has 1 aromatic rings. The van der Waals surface area contributed by atoms with Crippen molar-refractivity contribution >= 4 is 0 Å². The van der Waals surface area contributed by atoms with E-state index < -0.39 is 0 Å². The molecule has 5 nitrogen and oxygen atoms in total. The molecule has 1 aromatic carbocycles. The van der Waals surface area contributed by atoms with E-state index in [1.807, 2.05) is 5.48 Å². The number of rotatable bonds is 2. The topological polar surface area (TPSA) is 71.0 Å². The van der Waals surface area contributed by atoms with Gasteiger partial charge in [-0.25, -0.2) is 5.48 Å². The summed E-state index contributed by atoms with van der Waals surface area (Å²) in [4.78, 5) is 0. The van der Waals surface area contributed by atoms with Crippen molar-refractivity contribution in [1.82, 2.24) is 5.48 Å². The van der Waals surface area contributed by atoms with Crippen LogP contribution in [-0.2, 0) is 6.54 Å². The highest BCUT2D eigenvalue weighted by Crippen LogP contribution is 2.40. The Morgan fingerprint density at radius 3 is 2.86 bits per heavy atom. The molecule has 76 valence electrons. The van der Waals surface area contributed by atoms with Gasteiger partial charge in [-0.05, 0) is 12.1 Å². The standard InChI is InChI=1S/C9H11NO4/c11-8-6(5-10-12)1-2-7-9(8)14-4-3-13-7/h1-2,10-12H,3-5H2. The van der Waals surface area contributed by atoms with Gasteiger partial charge in [0.1, 0.15) is 13.2 Å². The van der Waals surface area contributed by atoms with Crippen LogP contribution < -0.4 is 15.0 Å². The minimum Gasteiger partial charge on any atom is -0.504 e. The van der Waals surface area contributed by atoms with Gasteiger partial charge in [0.15, 0.2) is 11.5 Å². The lowest BCUT2D eigenvalue weighted by molar-refractivity contribution is 0.155. The minimum atomic E-state index is 0.0174. The third-order valence-electron chi connectivity index (χ3n) is 2.04. The van der Waals surface area contributed by atoms with Gasteiger partial charge in [-0.2, -0.15) is 0 Å². The molecular formula is C9H11NO4. The number of fused-ring (bicyclic) bond motifs is 1. The Bertz CT molecular complexity index is 340. The lowest BCUT2D eigenvalue weighted by atomic mass is 10.1. The summed E-state index contributed by atoms with van der Waals surface area (Å²) in [5, 5.41) is 18.2. The van der Waals surface area contributed by atoms with Crippen LogP contribution in [0.1, 0.15) is 5.56 Å². The van der Waals surface area contributed by atoms with Gasteiger partial charge < -0.3 is 19.8 Å². The molecule has 1 aliphatic heterocycles. The van der Waals surface area contributed by atoms with Gasteiger partial charge in [0.2, 0.25) is 5.75 Å². The van der Waals surface area contributed by atoms with E-state index in [0.717, 1.165) is 0 Å². The van der Waals surface area contributed by atoms with Crippen molar-refractivity contribution in [2.75, 3.05) is 13.2 Å². The Morgan fingerprint density at radius 2 is 2.07 bits per heavy atom. The van der Waals surface area contributed by atoms with Gasteiger partial charge in [-0.1, -0.05) is 0 Å². The molecule has 2 rings (SSSR count). The molecule has 1 heterocycles. The van der Waals surface area contributed by atoms with Gasteiger partial charge >= 0.3 is 0 Å². The zero-order chi connectivity index (χ0) is 9.97. The third kappa shape index (κ3) is 1.47. The number of phenols is 1. The summed E-state index contributed by atoms with van der Waals surface area (Å²) in [6.07, 6.45) is 0. The maximum atomic E-state index is 9.71. The van der Waals surface area contributed by atoms with Crippen LogP contribution >= 0.6 is 0 Å². The quantitative estimate of drug-likeness (QED) is 0.607. The Hall–Kier alpha value is -1.46. The van der Waals surface area contributed by atoms with E-state index in [4.69, 9.17) is 14.7 Å². The number of nitrogens with one attached hydrogen (secondary N) is 1. The fourth-order valence-corrected chi connectivity index (χ4v) is 1.37. The van der Waals surface area contributed by atoms with Crippen LogP contribution in [0.3, 0.4) is 0 Å². The summed E-state index contributed by atoms with van der Waals surface area (Å²) in [7, 11) is 0. The van der Waals surface area contributed by atoms with Crippen LogP contribution in [0, 0.1) is 0 Å². The fraction of sp³-hybridized carbons (Fsp3) is 0.333. The molecule has 5 heteroatoms. The highest BCUT2D eigenvalue weighted by molar-refractivity contribution is 5.55. The van der Waals surface area contributed by atoms with E-state index in [-0.39, 0.29) is 12.3 Å². The van der Waals surface area contributed by atoms with E-state index >= 15 is 0 Å². The third-order valence-corrected chi connectivity index (χ3v) is 2.04. The van der Waals surface area contributed by atoms with Crippen LogP contribution in [0.4, 0.5) is 0 Å². The van der Waals surface area contributed by atoms with Crippen LogP contribution in [0.5, 0.6) is 17.2 Å². The van der Waals surface area contributed by atoms with E-state index in [2.05, 4.69) is 0 Å². The first-order valence-corrected chi connectivity index (χ1v) is 4.30. The lowest BCUT2D eigenvalue weighted by Gasteiger charge is -2.20. The molecule has 0 atom stereocenters. The van der Waals surface area contributed by atoms with Crippen molar-refractivity contribution in [3.8, 4) is 17.2 Å². The minimum absolute atomic E-state index is 0.0174. The Kier molecular flexibility index (Phi) is 2.43. The molecule has 0 bridgehead atoms. The SMILES string of the molecule is ONCc1ccc2c(c1O)OCCO2. The smallest absolute Gasteiger partial charge is 0.203 e. The normalized spacial score (nSPS) is 14.1. The van der Waals surface area contributed by atoms with Crippen LogP contribution in [0.2, 0.25) is 0 Å². The molecule has 1 aliphatic rings. The number of hydrogen-bond donors (Lipinski definition) is 3. The maximum Gasteiger partial charge on any atom is 0.203 e. The monoisotopic (exact) mass is 197 g/mol. The second-order valence-electron chi connectivity index (χ2n) is 2.93. The molecule has 0 spiro atoms. The first-order chi connectivity index (χ1) is 6.83. The van der Waals surface area contributed by atoms with Crippen molar-refractivity contribution in [2.45, 2.75) is 6.54 Å². The largest absolute Gasteiger partial charge is 0.504 e. The van der Waals surface area contributed by atoms with Crippen LogP contribution in [-0.4, -0.2) is 23.5 Å². The van der Waals surface area contributed by atoms with Gasteiger partial charge in [-0.15, -0.1) is 0 Å². The average molecular weight is 197 g/mol. The van der Waals surface area contributed by atoms with Crippen LogP contribution in [0.25, 0.3) is 0 Å². The number of benzene rings is 1. The van der Waals surface area contributed by atoms with Crippen molar-refractivity contribution in [3.05, 3.63) is 17.7 Å². The zero-order valence-electron chi connectivity index (χ0n) is 7.49. The first-order valence-electron chi connectivity index (χ1n) is 4.30. The molecular weight excluding hydrogens is 186 g/mol. The molecule has 0 aromatic heterocycles. The van der Waals surface area contributed by atoms with Gasteiger partial charge in [0, 0.05) is 12.1 Å². The first kappa shape index (κ1) is 9.11. The predicted octanol–water partition coefficient (Wildman–Crippen LogP) is 0.642. The Labute approximate surface area is 80.8 Å². The molecule has 0 fully saturated rings. The molecule has 0 amide bonds. The highest BCUT2D eigenvalue weighted by atomic mass is 16.6. The molecule has 14 heavy (non-hydrogen) atoms. The van der Waals surface area contributed by atoms with E-state index in [1.165, 1.54) is 0 Å². The lowest BCUT2D eigenvalue weighted by Crippen LogP contribution is -2.16. The van der Waals surface area contributed by atoms with Crippen molar-refractivity contribution in [2.24, 2.45) is 0 Å². The number of hydrogen-bond acceptors (Lipinski definition) is 5. The summed E-state index contributed by atoms with van der Waals surface area (Å²) in [6, 6.07) is 3.38. The molecule has 0 unspecified atom stereocenters. The average Bonchev–Trinajstić information content (AvgIpc) is 2.23. The van der Waals surface area contributed by atoms with Crippen LogP contribution in [0.15, 0.2) is 12.1 Å². The number of ether oxygens (including phenoxy) is 2. The summed E-state index contributed by atoms with van der Waals surface area (Å²) in [5.41, 5.74) is 2.54. The number of hydroxylamine groups is 1. The second kappa shape index (κ2) is 3.73. The van der Waals surface area contributed by atoms with Crippen molar-refractivity contribution in [3.63, 3.8) is 0 Å². The zero-order valence-corrected chi connectivity index (χ0v) is 7.49. The molecule has 0 saturated heterocycles. The summed E-state index contributed by atoms with van der Waals surface area (Å²) < 4.78 is 10.5.